The summed E-state index contributed by atoms with van der Waals surface area (Å²) >= 11 is 1.03. The minimum atomic E-state index is -4.09. The van der Waals surface area contributed by atoms with Crippen LogP contribution in [-0.2, 0) is 21.2 Å². The van der Waals surface area contributed by atoms with Crippen LogP contribution in [0.1, 0.15) is 12.0 Å². The fraction of sp³-hybridized carbons (Fsp3) is 0.250. The lowest BCUT2D eigenvalue weighted by Crippen LogP contribution is -2.28. The van der Waals surface area contributed by atoms with E-state index in [1.54, 1.807) is 0 Å². The van der Waals surface area contributed by atoms with Crippen molar-refractivity contribution < 1.29 is 17.6 Å². The Morgan fingerprint density at radius 1 is 1.36 bits per heavy atom. The molecule has 0 spiro atoms. The number of carbonyl (C=O) groups excluding carboxylic acids is 1. The predicted octanol–water partition coefficient (Wildman–Crippen LogP) is 1.39. The molecule has 1 aromatic heterocycles. The normalized spacial score (nSPS) is 14.4. The van der Waals surface area contributed by atoms with Crippen molar-refractivity contribution in [2.75, 3.05) is 16.7 Å². The molecule has 0 unspecified atom stereocenters. The van der Waals surface area contributed by atoms with Gasteiger partial charge in [-0.2, -0.15) is 0 Å². The minimum absolute atomic E-state index is 0.144. The Bertz CT molecular complexity index is 836. The number of hydrogen-bond donors (Lipinski definition) is 1. The van der Waals surface area contributed by atoms with Crippen molar-refractivity contribution >= 4 is 38.1 Å². The van der Waals surface area contributed by atoms with Gasteiger partial charge in [-0.25, -0.2) is 17.1 Å². The van der Waals surface area contributed by atoms with E-state index in [1.807, 2.05) is 0 Å². The molecule has 1 N–H and O–H groups in total. The van der Waals surface area contributed by atoms with Gasteiger partial charge in [0, 0.05) is 19.2 Å². The van der Waals surface area contributed by atoms with Gasteiger partial charge >= 0.3 is 0 Å². The highest BCUT2D eigenvalue weighted by atomic mass is 32.2. The van der Waals surface area contributed by atoms with Gasteiger partial charge in [0.05, 0.1) is 0 Å². The van der Waals surface area contributed by atoms with Crippen molar-refractivity contribution in [2.24, 2.45) is 0 Å². The number of nitrogens with zero attached hydrogens (tertiary/aromatic N) is 3. The van der Waals surface area contributed by atoms with Gasteiger partial charge in [-0.15, -0.1) is 10.2 Å². The van der Waals surface area contributed by atoms with E-state index >= 15 is 0 Å². The number of rotatable bonds is 3. The van der Waals surface area contributed by atoms with E-state index < -0.39 is 20.7 Å². The third-order valence-corrected chi connectivity index (χ3v) is 5.95. The van der Waals surface area contributed by atoms with Crippen molar-refractivity contribution in [3.63, 3.8) is 0 Å². The predicted molar refractivity (Wildman–Crippen MR) is 78.8 cm³/mol. The lowest BCUT2D eigenvalue weighted by Gasteiger charge is -2.20. The lowest BCUT2D eigenvalue weighted by molar-refractivity contribution is -0.116. The summed E-state index contributed by atoms with van der Waals surface area (Å²) in [7, 11) is -2.80. The van der Waals surface area contributed by atoms with E-state index in [4.69, 9.17) is 0 Å². The number of halogens is 1. The standard InChI is InChI=1S/C12H11FN4O3S2/c1-17(12-16-14-6-21-12)22(19,20)10-4-7-2-3-11(18)15-9(7)5-8(10)13/h4-6H,2-3H2,1H3,(H,15,18). The number of fused-ring (bicyclic) bond motifs is 1. The van der Waals surface area contributed by atoms with Crippen LogP contribution >= 0.6 is 11.3 Å². The van der Waals surface area contributed by atoms with Crippen LogP contribution in [-0.4, -0.2) is 31.6 Å². The molecule has 0 bridgehead atoms. The van der Waals surface area contributed by atoms with Crippen LogP contribution in [0.25, 0.3) is 0 Å². The first-order valence-electron chi connectivity index (χ1n) is 6.27. The third kappa shape index (κ3) is 2.44. The molecule has 2 aromatic rings. The Labute approximate surface area is 129 Å². The van der Waals surface area contributed by atoms with Gasteiger partial charge in [0.1, 0.15) is 16.2 Å². The van der Waals surface area contributed by atoms with E-state index in [9.17, 15) is 17.6 Å². The average Bonchev–Trinajstić information content (AvgIpc) is 2.99. The third-order valence-electron chi connectivity index (χ3n) is 3.31. The molecule has 3 rings (SSSR count). The zero-order chi connectivity index (χ0) is 15.9. The van der Waals surface area contributed by atoms with E-state index in [-0.39, 0.29) is 17.5 Å². The number of anilines is 2. The van der Waals surface area contributed by atoms with Crippen molar-refractivity contribution in [1.82, 2.24) is 10.2 Å². The molecule has 0 aliphatic carbocycles. The highest BCUT2D eigenvalue weighted by molar-refractivity contribution is 7.93. The Morgan fingerprint density at radius 2 is 2.14 bits per heavy atom. The van der Waals surface area contributed by atoms with Crippen LogP contribution in [0.4, 0.5) is 15.2 Å². The van der Waals surface area contributed by atoms with Crippen LogP contribution < -0.4 is 9.62 Å². The summed E-state index contributed by atoms with van der Waals surface area (Å²) in [5, 5.41) is 9.92. The van der Waals surface area contributed by atoms with E-state index in [0.29, 0.717) is 17.7 Å². The smallest absolute Gasteiger partial charge is 0.268 e. The zero-order valence-corrected chi connectivity index (χ0v) is 13.0. The Kier molecular flexibility index (Phi) is 3.57. The molecule has 1 aromatic carbocycles. The molecule has 0 fully saturated rings. The highest BCUT2D eigenvalue weighted by Crippen LogP contribution is 2.31. The van der Waals surface area contributed by atoms with Crippen molar-refractivity contribution in [3.8, 4) is 0 Å². The summed E-state index contributed by atoms with van der Waals surface area (Å²) < 4.78 is 40.2. The maximum atomic E-state index is 14.2. The van der Waals surface area contributed by atoms with Gasteiger partial charge in [0.2, 0.25) is 11.0 Å². The number of nitrogens with one attached hydrogen (secondary N) is 1. The number of sulfonamides is 1. The monoisotopic (exact) mass is 342 g/mol. The molecular formula is C12H11FN4O3S2. The van der Waals surface area contributed by atoms with Gasteiger partial charge in [0.25, 0.3) is 10.0 Å². The summed E-state index contributed by atoms with van der Waals surface area (Å²) in [6, 6.07) is 2.30. The number of aryl methyl sites for hydroxylation is 1. The van der Waals surface area contributed by atoms with Crippen LogP contribution in [0, 0.1) is 5.82 Å². The summed E-state index contributed by atoms with van der Waals surface area (Å²) in [6.45, 7) is 0. The van der Waals surface area contributed by atoms with Crippen molar-refractivity contribution in [1.29, 1.82) is 0 Å². The first-order valence-corrected chi connectivity index (χ1v) is 8.59. The average molecular weight is 342 g/mol. The molecule has 1 amide bonds. The molecule has 7 nitrogen and oxygen atoms in total. The number of benzene rings is 1. The molecule has 0 saturated heterocycles. The zero-order valence-electron chi connectivity index (χ0n) is 11.4. The summed E-state index contributed by atoms with van der Waals surface area (Å²) in [5.41, 5.74) is 2.29. The first kappa shape index (κ1) is 14.9. The molecule has 10 heteroatoms. The molecule has 22 heavy (non-hydrogen) atoms. The van der Waals surface area contributed by atoms with Crippen LogP contribution in [0.5, 0.6) is 0 Å². The molecule has 0 atom stereocenters. The molecule has 0 radical (unpaired) electrons. The quantitative estimate of drug-likeness (QED) is 0.910. The molecular weight excluding hydrogens is 331 g/mol. The Hall–Kier alpha value is -2.07. The lowest BCUT2D eigenvalue weighted by atomic mass is 10.0. The fourth-order valence-electron chi connectivity index (χ4n) is 2.13. The van der Waals surface area contributed by atoms with Gasteiger partial charge < -0.3 is 5.32 Å². The largest absolute Gasteiger partial charge is 0.326 e. The second-order valence-electron chi connectivity index (χ2n) is 4.68. The topological polar surface area (TPSA) is 92.3 Å². The van der Waals surface area contributed by atoms with Crippen molar-refractivity contribution in [2.45, 2.75) is 17.7 Å². The number of carbonyl (C=O) groups is 1. The molecule has 1 aliphatic heterocycles. The Balaban J connectivity index is 2.06. The highest BCUT2D eigenvalue weighted by Gasteiger charge is 2.29. The maximum Gasteiger partial charge on any atom is 0.268 e. The SMILES string of the molecule is CN(c1nncs1)S(=O)(=O)c1cc2c(cc1F)NC(=O)CC2. The Morgan fingerprint density at radius 3 is 2.82 bits per heavy atom. The van der Waals surface area contributed by atoms with Crippen LogP contribution in [0.15, 0.2) is 22.5 Å². The van der Waals surface area contributed by atoms with Crippen LogP contribution in [0.3, 0.4) is 0 Å². The van der Waals surface area contributed by atoms with Gasteiger partial charge in [-0.3, -0.25) is 4.79 Å². The van der Waals surface area contributed by atoms with E-state index in [1.165, 1.54) is 18.6 Å². The summed E-state index contributed by atoms with van der Waals surface area (Å²) in [5.74, 6) is -1.13. The number of aromatic nitrogens is 2. The number of amides is 1. The summed E-state index contributed by atoms with van der Waals surface area (Å²) in [6.07, 6.45) is 0.608. The van der Waals surface area contributed by atoms with Gasteiger partial charge in [0.15, 0.2) is 0 Å². The molecule has 116 valence electrons. The van der Waals surface area contributed by atoms with Crippen molar-refractivity contribution in [3.05, 3.63) is 29.0 Å². The second kappa shape index (κ2) is 5.29. The first-order chi connectivity index (χ1) is 10.4. The fourth-order valence-corrected chi connectivity index (χ4v) is 4.12. The van der Waals surface area contributed by atoms with Crippen LogP contribution in [0.2, 0.25) is 0 Å². The van der Waals surface area contributed by atoms with Gasteiger partial charge in [-0.05, 0) is 24.1 Å². The van der Waals surface area contributed by atoms with E-state index in [2.05, 4.69) is 15.5 Å². The summed E-state index contributed by atoms with van der Waals surface area (Å²) in [4.78, 5) is 10.9. The van der Waals surface area contributed by atoms with Gasteiger partial charge in [-0.1, -0.05) is 11.3 Å². The molecule has 1 aliphatic rings. The van der Waals surface area contributed by atoms with E-state index in [0.717, 1.165) is 21.7 Å². The molecule has 2 heterocycles. The molecule has 0 saturated carbocycles. The maximum absolute atomic E-state index is 14.2. The number of hydrogen-bond acceptors (Lipinski definition) is 6. The minimum Gasteiger partial charge on any atom is -0.326 e. The second-order valence-corrected chi connectivity index (χ2v) is 7.43.